The van der Waals surface area contributed by atoms with Gasteiger partial charge in [0, 0.05) is 37.1 Å². The zero-order valence-corrected chi connectivity index (χ0v) is 20.8. The van der Waals surface area contributed by atoms with Crippen LogP contribution in [0.1, 0.15) is 39.4 Å². The van der Waals surface area contributed by atoms with Crippen LogP contribution in [0, 0.1) is 5.82 Å². The first kappa shape index (κ1) is 26.4. The molecule has 1 N–H and O–H groups in total. The van der Waals surface area contributed by atoms with Crippen molar-refractivity contribution >= 4 is 11.8 Å². The molecule has 2 aliphatic rings. The van der Waals surface area contributed by atoms with Crippen LogP contribution in [-0.2, 0) is 17.8 Å². The summed E-state index contributed by atoms with van der Waals surface area (Å²) in [5.41, 5.74) is -1.07. The Bertz CT molecular complexity index is 1320. The van der Waals surface area contributed by atoms with E-state index < -0.39 is 23.5 Å². The van der Waals surface area contributed by atoms with Crippen molar-refractivity contribution in [1.29, 1.82) is 0 Å². The second-order valence-corrected chi connectivity index (χ2v) is 9.42. The number of hydrogen-bond acceptors (Lipinski definition) is 8. The number of rotatable bonds is 4. The van der Waals surface area contributed by atoms with Crippen molar-refractivity contribution in [3.05, 3.63) is 63.1 Å². The van der Waals surface area contributed by atoms with E-state index in [0.717, 1.165) is 0 Å². The third-order valence-corrected chi connectivity index (χ3v) is 6.49. The summed E-state index contributed by atoms with van der Waals surface area (Å²) in [4.78, 5) is 37.0. The van der Waals surface area contributed by atoms with Crippen molar-refractivity contribution in [2.45, 2.75) is 58.4 Å². The molecule has 5 heterocycles. The first-order chi connectivity index (χ1) is 17.6. The van der Waals surface area contributed by atoms with Crippen LogP contribution in [0.4, 0.5) is 24.9 Å². The van der Waals surface area contributed by atoms with Crippen molar-refractivity contribution in [1.82, 2.24) is 29.3 Å². The average molecular weight is 523 g/mol. The average Bonchev–Trinajstić information content (AvgIpc) is 3.33. The number of nitrogens with zero attached hydrogens (tertiary/aromatic N) is 7. The first-order valence-electron chi connectivity index (χ1n) is 11.8. The molecule has 11 nitrogen and oxygen atoms in total. The Morgan fingerprint density at radius 1 is 1.22 bits per heavy atom. The van der Waals surface area contributed by atoms with E-state index >= 15 is 4.39 Å². The van der Waals surface area contributed by atoms with Crippen molar-refractivity contribution in [2.75, 3.05) is 29.6 Å². The first-order valence-corrected chi connectivity index (χ1v) is 11.8. The van der Waals surface area contributed by atoms with Gasteiger partial charge in [0.25, 0.3) is 11.1 Å². The van der Waals surface area contributed by atoms with E-state index in [1.165, 1.54) is 35.4 Å². The van der Waals surface area contributed by atoms with Gasteiger partial charge in [0.1, 0.15) is 0 Å². The van der Waals surface area contributed by atoms with Gasteiger partial charge in [-0.25, -0.2) is 9.67 Å². The molecule has 0 bridgehead atoms. The van der Waals surface area contributed by atoms with Gasteiger partial charge in [-0.05, 0) is 33.3 Å². The second-order valence-electron chi connectivity index (χ2n) is 9.42. The molecule has 0 aliphatic carbocycles. The molecule has 200 valence electrons. The fourth-order valence-corrected chi connectivity index (χ4v) is 4.33. The molecule has 0 radical (unpaired) electrons. The van der Waals surface area contributed by atoms with Crippen molar-refractivity contribution < 1.29 is 17.9 Å². The fraction of sp³-hybridized carbons (Fsp3) is 0.522. The Hall–Kier alpha value is -3.68. The summed E-state index contributed by atoms with van der Waals surface area (Å²) in [5, 5.41) is 3.69. The summed E-state index contributed by atoms with van der Waals surface area (Å²) in [7, 11) is 0. The number of morpholine rings is 1. The molecule has 5 rings (SSSR count). The summed E-state index contributed by atoms with van der Waals surface area (Å²) < 4.78 is 49.0. The summed E-state index contributed by atoms with van der Waals surface area (Å²) in [6, 6.07) is 2.72. The molecule has 1 fully saturated rings. The molecule has 0 aromatic carbocycles. The number of aromatic nitrogens is 6. The number of ether oxygens (including phenoxy) is 1. The van der Waals surface area contributed by atoms with Gasteiger partial charge in [0.05, 0.1) is 37.8 Å². The van der Waals surface area contributed by atoms with Crippen LogP contribution in [0.2, 0.25) is 0 Å². The topological polar surface area (TPSA) is 114 Å². The zero-order valence-electron chi connectivity index (χ0n) is 20.8. The quantitative estimate of drug-likeness (QED) is 0.555. The maximum Gasteiger partial charge on any atom is 0.333 e. The molecular weight excluding hydrogens is 493 g/mol. The number of anilines is 2. The van der Waals surface area contributed by atoms with Crippen molar-refractivity contribution in [3.8, 4) is 0 Å². The second kappa shape index (κ2) is 10.7. The van der Waals surface area contributed by atoms with E-state index in [1.54, 1.807) is 9.80 Å². The van der Waals surface area contributed by atoms with Gasteiger partial charge in [-0.2, -0.15) is 23.3 Å². The summed E-state index contributed by atoms with van der Waals surface area (Å²) in [6.45, 7) is 4.58. The molecule has 0 spiro atoms. The number of nitrogens with one attached hydrogen (secondary N) is 1. The van der Waals surface area contributed by atoms with E-state index in [-0.39, 0.29) is 35.6 Å². The predicted octanol–water partition coefficient (Wildman–Crippen LogP) is 2.16. The number of fused-ring (bicyclic) bond motifs is 1. The minimum Gasteiger partial charge on any atom is -0.377 e. The largest absolute Gasteiger partial charge is 0.377 e. The van der Waals surface area contributed by atoms with Gasteiger partial charge in [-0.3, -0.25) is 14.2 Å². The van der Waals surface area contributed by atoms with Crippen LogP contribution >= 0.6 is 0 Å². The monoisotopic (exact) mass is 522 g/mol. The van der Waals surface area contributed by atoms with Crippen molar-refractivity contribution in [2.24, 2.45) is 0 Å². The molecule has 0 saturated carbocycles. The predicted molar refractivity (Wildman–Crippen MR) is 129 cm³/mol. The number of aromatic amines is 1. The normalized spacial score (nSPS) is 18.8. The molecule has 3 aromatic rings. The smallest absolute Gasteiger partial charge is 0.333 e. The highest BCUT2D eigenvalue weighted by Crippen LogP contribution is 2.34. The lowest BCUT2D eigenvalue weighted by Gasteiger charge is -2.45. The van der Waals surface area contributed by atoms with E-state index in [9.17, 15) is 18.4 Å². The lowest BCUT2D eigenvalue weighted by molar-refractivity contribution is 0.0531. The molecule has 0 amide bonds. The van der Waals surface area contributed by atoms with Crippen molar-refractivity contribution in [3.63, 3.8) is 0 Å². The maximum atomic E-state index is 15.0. The van der Waals surface area contributed by atoms with Gasteiger partial charge in [-0.15, -0.1) is 0 Å². The number of H-pyrrole nitrogens is 1. The lowest BCUT2D eigenvalue weighted by atomic mass is 9.96. The fourth-order valence-electron chi connectivity index (χ4n) is 4.33. The van der Waals surface area contributed by atoms with Gasteiger partial charge in [0.15, 0.2) is 5.82 Å². The summed E-state index contributed by atoms with van der Waals surface area (Å²) in [6.07, 6.45) is 4.64. The zero-order chi connectivity index (χ0) is 26.7. The number of hydrogen-bond donors (Lipinski definition) is 1. The Morgan fingerprint density at radius 2 is 2.00 bits per heavy atom. The van der Waals surface area contributed by atoms with E-state index in [0.29, 0.717) is 37.4 Å². The third-order valence-electron chi connectivity index (χ3n) is 6.49. The van der Waals surface area contributed by atoms with Gasteiger partial charge in [0.2, 0.25) is 11.8 Å². The molecule has 0 unspecified atom stereocenters. The Labute approximate surface area is 210 Å². The van der Waals surface area contributed by atoms with Crippen LogP contribution in [0.15, 0.2) is 40.4 Å². The molecule has 1 atom stereocenters. The minimum absolute atomic E-state index is 0.0212. The highest BCUT2D eigenvalue weighted by atomic mass is 19.3. The van der Waals surface area contributed by atoms with Crippen LogP contribution < -0.4 is 20.9 Å². The van der Waals surface area contributed by atoms with Gasteiger partial charge < -0.3 is 19.5 Å². The Morgan fingerprint density at radius 3 is 2.62 bits per heavy atom. The van der Waals surface area contributed by atoms with Gasteiger partial charge >= 0.3 is 6.55 Å². The lowest BCUT2D eigenvalue weighted by Crippen LogP contribution is -2.53. The van der Waals surface area contributed by atoms with E-state index in [2.05, 4.69) is 20.1 Å². The Balaban J connectivity index is 0.000000396. The maximum absolute atomic E-state index is 15.0. The van der Waals surface area contributed by atoms with Crippen LogP contribution in [0.3, 0.4) is 0 Å². The van der Waals surface area contributed by atoms with E-state index in [4.69, 9.17) is 4.74 Å². The minimum atomic E-state index is -2.78. The SMILES string of the molecule is C[C@@H]1COCCN1c1nc2n(c(=O)c1F)CCC(C)(C)N2Cc1ccnn1C(F)F.O=c1ccnc[nH]1. The molecule has 1 saturated heterocycles. The van der Waals surface area contributed by atoms with Crippen LogP contribution in [0.5, 0.6) is 0 Å². The number of halogens is 3. The highest BCUT2D eigenvalue weighted by Gasteiger charge is 2.38. The summed E-state index contributed by atoms with van der Waals surface area (Å²) >= 11 is 0. The molecule has 14 heteroatoms. The third kappa shape index (κ3) is 5.53. The molecule has 2 aliphatic heterocycles. The van der Waals surface area contributed by atoms with Crippen LogP contribution in [-0.4, -0.2) is 60.6 Å². The highest BCUT2D eigenvalue weighted by molar-refractivity contribution is 5.49. The Kier molecular flexibility index (Phi) is 7.66. The standard InChI is InChI=1S/C19H25F3N6O2.C4H4N2O/c1-12-11-30-9-8-25(12)15-14(20)16(29)26-7-5-19(2,3)27(18(26)24-15)10-13-4-6-23-28(13)17(21)22;7-4-1-2-5-3-6-4/h4,6,12,17H,5,7-11H2,1-3H3;1-3H,(H,5,6,7)/t12-;/m1./s1. The van der Waals surface area contributed by atoms with Gasteiger partial charge in [-0.1, -0.05) is 0 Å². The summed E-state index contributed by atoms with van der Waals surface area (Å²) in [5.74, 6) is -0.648. The van der Waals surface area contributed by atoms with Crippen LogP contribution in [0.25, 0.3) is 0 Å². The molecular formula is C23H29F3N8O3. The number of alkyl halides is 2. The molecule has 3 aromatic heterocycles. The molecule has 37 heavy (non-hydrogen) atoms. The van der Waals surface area contributed by atoms with E-state index in [1.807, 2.05) is 20.8 Å².